The Morgan fingerprint density at radius 1 is 1.42 bits per heavy atom. The second-order valence-corrected chi connectivity index (χ2v) is 5.24. The maximum Gasteiger partial charge on any atom is 0.332 e. The molecule has 0 fully saturated rings. The second-order valence-electron chi connectivity index (χ2n) is 5.24. The number of nitrogens with two attached hydrogens (primary N) is 1. The van der Waals surface area contributed by atoms with Gasteiger partial charge in [-0.1, -0.05) is 24.3 Å². The van der Waals surface area contributed by atoms with Gasteiger partial charge in [0.2, 0.25) is 0 Å². The highest BCUT2D eigenvalue weighted by Crippen LogP contribution is 2.28. The van der Waals surface area contributed by atoms with Gasteiger partial charge in [0.05, 0.1) is 0 Å². The van der Waals surface area contributed by atoms with Gasteiger partial charge in [0.25, 0.3) is 0 Å². The van der Waals surface area contributed by atoms with Crippen LogP contribution in [0.4, 0.5) is 4.79 Å². The minimum atomic E-state index is -0.606. The number of rotatable bonds is 4. The normalized spacial score (nSPS) is 18.8. The minimum Gasteiger partial charge on any atom is -0.350 e. The Labute approximate surface area is 114 Å². The number of carbonyl (C=O) groups excluding carboxylic acids is 1. The van der Waals surface area contributed by atoms with Crippen molar-refractivity contribution in [2.24, 2.45) is 16.8 Å². The van der Waals surface area contributed by atoms with Crippen molar-refractivity contribution in [3.05, 3.63) is 35.4 Å². The number of urea groups is 1. The lowest BCUT2D eigenvalue weighted by molar-refractivity contribution is 0.249. The molecule has 4 nitrogen and oxygen atoms in total. The highest BCUT2D eigenvalue weighted by molar-refractivity contribution is 5.83. The van der Waals surface area contributed by atoms with Crippen LogP contribution in [-0.2, 0) is 12.8 Å². The molecule has 0 aromatic heterocycles. The number of hydrazone groups is 1. The van der Waals surface area contributed by atoms with Crippen LogP contribution in [0.3, 0.4) is 0 Å². The summed E-state index contributed by atoms with van der Waals surface area (Å²) < 4.78 is 0. The maximum atomic E-state index is 10.6. The van der Waals surface area contributed by atoms with Gasteiger partial charge < -0.3 is 5.73 Å². The second kappa shape index (κ2) is 6.36. The first kappa shape index (κ1) is 13.6. The van der Waals surface area contributed by atoms with Gasteiger partial charge in [0.15, 0.2) is 0 Å². The zero-order valence-corrected chi connectivity index (χ0v) is 11.4. The molecule has 0 aliphatic heterocycles. The number of fused-ring (bicyclic) bond motifs is 1. The number of carbonyl (C=O) groups is 1. The van der Waals surface area contributed by atoms with E-state index in [4.69, 9.17) is 5.73 Å². The fourth-order valence-corrected chi connectivity index (χ4v) is 2.64. The van der Waals surface area contributed by atoms with Crippen LogP contribution in [0.5, 0.6) is 0 Å². The average molecular weight is 259 g/mol. The summed E-state index contributed by atoms with van der Waals surface area (Å²) in [6, 6.07) is 8.09. The number of primary amides is 1. The van der Waals surface area contributed by atoms with Crippen LogP contribution < -0.4 is 11.2 Å². The Kier molecular flexibility index (Phi) is 4.55. The van der Waals surface area contributed by atoms with Gasteiger partial charge >= 0.3 is 6.03 Å². The van der Waals surface area contributed by atoms with Crippen LogP contribution in [0.1, 0.15) is 37.3 Å². The van der Waals surface area contributed by atoms with E-state index in [2.05, 4.69) is 34.8 Å². The van der Waals surface area contributed by atoms with Gasteiger partial charge in [0.1, 0.15) is 0 Å². The van der Waals surface area contributed by atoms with Crippen molar-refractivity contribution < 1.29 is 4.79 Å². The van der Waals surface area contributed by atoms with Crippen LogP contribution in [0, 0.1) is 5.92 Å². The number of benzene rings is 1. The molecule has 1 aliphatic carbocycles. The smallest absolute Gasteiger partial charge is 0.332 e. The molecule has 0 unspecified atom stereocenters. The summed E-state index contributed by atoms with van der Waals surface area (Å²) in [6.45, 7) is 1.92. The number of nitrogens with zero attached hydrogens (tertiary/aromatic N) is 1. The third kappa shape index (κ3) is 4.09. The van der Waals surface area contributed by atoms with E-state index in [-0.39, 0.29) is 0 Å². The van der Waals surface area contributed by atoms with Crippen molar-refractivity contribution >= 4 is 11.7 Å². The lowest BCUT2D eigenvalue weighted by Gasteiger charge is -2.24. The van der Waals surface area contributed by atoms with E-state index < -0.39 is 6.03 Å². The fourth-order valence-electron chi connectivity index (χ4n) is 2.64. The predicted molar refractivity (Wildman–Crippen MR) is 77.0 cm³/mol. The SMILES string of the molecule is C/C(CC[C@@H]1CCc2ccccc2C1)=N\NC(N)=O. The lowest BCUT2D eigenvalue weighted by atomic mass is 9.81. The standard InChI is InChI=1S/C15H21N3O/c1-11(17-18-15(16)19)6-7-12-8-9-13-4-2-3-5-14(13)10-12/h2-5,12H,6-10H2,1H3,(H3,16,18,19)/b17-11+/t12-/m1/s1. The molecule has 102 valence electrons. The van der Waals surface area contributed by atoms with Gasteiger partial charge in [0, 0.05) is 5.71 Å². The van der Waals surface area contributed by atoms with E-state index >= 15 is 0 Å². The number of aryl methyl sites for hydroxylation is 1. The Hall–Kier alpha value is -1.84. The Morgan fingerprint density at radius 2 is 2.16 bits per heavy atom. The summed E-state index contributed by atoms with van der Waals surface area (Å²) >= 11 is 0. The summed E-state index contributed by atoms with van der Waals surface area (Å²) in [5, 5.41) is 3.94. The topological polar surface area (TPSA) is 67.5 Å². The quantitative estimate of drug-likeness (QED) is 0.633. The molecule has 1 aromatic rings. The van der Waals surface area contributed by atoms with Crippen molar-refractivity contribution in [1.29, 1.82) is 0 Å². The summed E-state index contributed by atoms with van der Waals surface area (Å²) in [5.41, 5.74) is 11.2. The number of nitrogens with one attached hydrogen (secondary N) is 1. The molecule has 19 heavy (non-hydrogen) atoms. The molecule has 0 bridgehead atoms. The largest absolute Gasteiger partial charge is 0.350 e. The van der Waals surface area contributed by atoms with Gasteiger partial charge in [-0.05, 0) is 56.1 Å². The maximum absolute atomic E-state index is 10.6. The zero-order chi connectivity index (χ0) is 13.7. The summed E-state index contributed by atoms with van der Waals surface area (Å²) in [6.07, 6.45) is 5.61. The molecule has 0 saturated heterocycles. The Balaban J connectivity index is 1.82. The van der Waals surface area contributed by atoms with Crippen molar-refractivity contribution in [2.75, 3.05) is 0 Å². The number of hydrogen-bond donors (Lipinski definition) is 2. The van der Waals surface area contributed by atoms with Crippen LogP contribution in [0.2, 0.25) is 0 Å². The van der Waals surface area contributed by atoms with Gasteiger partial charge in [-0.2, -0.15) is 5.10 Å². The van der Waals surface area contributed by atoms with E-state index in [1.54, 1.807) is 0 Å². The molecule has 2 amide bonds. The van der Waals surface area contributed by atoms with Crippen LogP contribution >= 0.6 is 0 Å². The van der Waals surface area contributed by atoms with Crippen LogP contribution in [0.15, 0.2) is 29.4 Å². The van der Waals surface area contributed by atoms with Crippen molar-refractivity contribution in [3.8, 4) is 0 Å². The molecule has 0 radical (unpaired) electrons. The molecular formula is C15H21N3O. The Bertz CT molecular complexity index is 482. The van der Waals surface area contributed by atoms with E-state index in [1.807, 2.05) is 6.92 Å². The lowest BCUT2D eigenvalue weighted by Crippen LogP contribution is -2.25. The first-order chi connectivity index (χ1) is 9.15. The third-order valence-electron chi connectivity index (χ3n) is 3.72. The summed E-state index contributed by atoms with van der Waals surface area (Å²) in [4.78, 5) is 10.6. The van der Waals surface area contributed by atoms with Crippen molar-refractivity contribution in [3.63, 3.8) is 0 Å². The molecule has 1 aromatic carbocycles. The van der Waals surface area contributed by atoms with Gasteiger partial charge in [-0.15, -0.1) is 0 Å². The molecule has 1 atom stereocenters. The van der Waals surface area contributed by atoms with Gasteiger partial charge in [-0.3, -0.25) is 0 Å². The van der Waals surface area contributed by atoms with Crippen LogP contribution in [-0.4, -0.2) is 11.7 Å². The number of hydrogen-bond acceptors (Lipinski definition) is 2. The molecule has 3 N–H and O–H groups in total. The Morgan fingerprint density at radius 3 is 2.89 bits per heavy atom. The van der Waals surface area contributed by atoms with Crippen molar-refractivity contribution in [1.82, 2.24) is 5.43 Å². The highest BCUT2D eigenvalue weighted by atomic mass is 16.2. The minimum absolute atomic E-state index is 0.606. The number of amides is 2. The van der Waals surface area contributed by atoms with E-state index in [1.165, 1.54) is 24.0 Å². The molecule has 4 heteroatoms. The fraction of sp³-hybridized carbons (Fsp3) is 0.467. The monoisotopic (exact) mass is 259 g/mol. The first-order valence-corrected chi connectivity index (χ1v) is 6.80. The molecule has 1 aliphatic rings. The first-order valence-electron chi connectivity index (χ1n) is 6.80. The summed E-state index contributed by atoms with van der Waals surface area (Å²) in [5.74, 6) is 0.716. The van der Waals surface area contributed by atoms with E-state index in [9.17, 15) is 4.79 Å². The molecule has 0 spiro atoms. The molecule has 0 saturated carbocycles. The molecular weight excluding hydrogens is 238 g/mol. The average Bonchev–Trinajstić information content (AvgIpc) is 2.42. The van der Waals surface area contributed by atoms with Gasteiger partial charge in [-0.25, -0.2) is 10.2 Å². The predicted octanol–water partition coefficient (Wildman–Crippen LogP) is 2.62. The van der Waals surface area contributed by atoms with E-state index in [0.717, 1.165) is 25.0 Å². The van der Waals surface area contributed by atoms with Crippen LogP contribution in [0.25, 0.3) is 0 Å². The van der Waals surface area contributed by atoms with E-state index in [0.29, 0.717) is 5.92 Å². The third-order valence-corrected chi connectivity index (χ3v) is 3.72. The summed E-state index contributed by atoms with van der Waals surface area (Å²) in [7, 11) is 0. The van der Waals surface area contributed by atoms with Crippen molar-refractivity contribution in [2.45, 2.75) is 39.0 Å². The highest BCUT2D eigenvalue weighted by Gasteiger charge is 2.17. The zero-order valence-electron chi connectivity index (χ0n) is 11.4. The molecule has 2 rings (SSSR count). The molecule has 0 heterocycles.